The standard InChI is InChI=1S/C27H29F2N7O2S/c1-16-5-8-23(39-26(28)29)19(11-16)15-36-24-21(25(38)33(36)4)6-7-22(32-24)20-12-30-27(31-13-20)34-9-10-35(18(3)37)17(2)14-34/h5-8,11-13,17,26H,9-10,14-15H2,1-4H3/t17-/m1/s1. The number of thioether (sulfide) groups is 1. The van der Waals surface area contributed by atoms with Gasteiger partial charge in [-0.3, -0.25) is 19.0 Å². The van der Waals surface area contributed by atoms with Gasteiger partial charge in [0.2, 0.25) is 11.9 Å². The summed E-state index contributed by atoms with van der Waals surface area (Å²) in [5, 5.41) is 0.437. The molecule has 4 aromatic rings. The van der Waals surface area contributed by atoms with Crippen LogP contribution in [-0.2, 0) is 18.4 Å². The second-order valence-corrected chi connectivity index (χ2v) is 10.8. The number of carbonyl (C=O) groups excluding carboxylic acids is 1. The number of nitrogens with zero attached hydrogens (tertiary/aromatic N) is 7. The van der Waals surface area contributed by atoms with Gasteiger partial charge in [-0.2, -0.15) is 8.78 Å². The van der Waals surface area contributed by atoms with E-state index >= 15 is 0 Å². The van der Waals surface area contributed by atoms with Crippen LogP contribution in [0.1, 0.15) is 25.0 Å². The molecular weight excluding hydrogens is 524 g/mol. The molecular formula is C27H29F2N7O2S. The van der Waals surface area contributed by atoms with Crippen LogP contribution >= 0.6 is 11.8 Å². The smallest absolute Gasteiger partial charge is 0.288 e. The zero-order valence-electron chi connectivity index (χ0n) is 22.1. The van der Waals surface area contributed by atoms with Crippen molar-refractivity contribution in [2.24, 2.45) is 7.05 Å². The summed E-state index contributed by atoms with van der Waals surface area (Å²) < 4.78 is 29.5. The van der Waals surface area contributed by atoms with Gasteiger partial charge in [0.15, 0.2) is 5.65 Å². The van der Waals surface area contributed by atoms with E-state index in [4.69, 9.17) is 4.98 Å². The Kier molecular flexibility index (Phi) is 7.39. The number of fused-ring (bicyclic) bond motifs is 1. The lowest BCUT2D eigenvalue weighted by Gasteiger charge is -2.39. The summed E-state index contributed by atoms with van der Waals surface area (Å²) in [5.74, 6) is -1.91. The van der Waals surface area contributed by atoms with Crippen LogP contribution in [-0.4, -0.2) is 66.6 Å². The Morgan fingerprint density at radius 3 is 2.56 bits per heavy atom. The van der Waals surface area contributed by atoms with Crippen molar-refractivity contribution in [3.63, 3.8) is 0 Å². The van der Waals surface area contributed by atoms with Crippen LogP contribution in [0.15, 0.2) is 52.4 Å². The molecule has 1 atom stereocenters. The van der Waals surface area contributed by atoms with Crippen molar-refractivity contribution >= 4 is 34.7 Å². The van der Waals surface area contributed by atoms with Gasteiger partial charge in [0, 0.05) is 62.5 Å². The molecule has 0 N–H and O–H groups in total. The monoisotopic (exact) mass is 553 g/mol. The fraction of sp³-hybridized carbons (Fsp3) is 0.370. The lowest BCUT2D eigenvalue weighted by molar-refractivity contribution is -0.131. The highest BCUT2D eigenvalue weighted by Crippen LogP contribution is 2.30. The molecule has 12 heteroatoms. The maximum absolute atomic E-state index is 13.2. The third-order valence-corrected chi connectivity index (χ3v) is 7.84. The Morgan fingerprint density at radius 1 is 1.15 bits per heavy atom. The van der Waals surface area contributed by atoms with Crippen molar-refractivity contribution in [3.8, 4) is 11.3 Å². The van der Waals surface area contributed by atoms with Crippen LogP contribution in [0.25, 0.3) is 22.3 Å². The number of carbonyl (C=O) groups is 1. The Balaban J connectivity index is 1.45. The molecule has 3 aromatic heterocycles. The van der Waals surface area contributed by atoms with E-state index in [9.17, 15) is 18.4 Å². The average molecular weight is 554 g/mol. The minimum Gasteiger partial charge on any atom is -0.337 e. The number of hydrogen-bond acceptors (Lipinski definition) is 7. The Hall–Kier alpha value is -3.80. The second kappa shape index (κ2) is 10.8. The van der Waals surface area contributed by atoms with E-state index in [1.807, 2.05) is 24.8 Å². The van der Waals surface area contributed by atoms with Crippen molar-refractivity contribution in [1.29, 1.82) is 0 Å². The van der Waals surface area contributed by atoms with E-state index in [-0.39, 0.29) is 24.1 Å². The molecule has 1 fully saturated rings. The largest absolute Gasteiger partial charge is 0.337 e. The van der Waals surface area contributed by atoms with Gasteiger partial charge in [0.1, 0.15) is 0 Å². The molecule has 1 saturated heterocycles. The third kappa shape index (κ3) is 5.38. The molecule has 0 unspecified atom stereocenters. The number of benzene rings is 1. The van der Waals surface area contributed by atoms with Crippen molar-refractivity contribution in [2.45, 2.75) is 44.0 Å². The summed E-state index contributed by atoms with van der Waals surface area (Å²) in [6.45, 7) is 7.60. The molecule has 0 radical (unpaired) electrons. The average Bonchev–Trinajstić information content (AvgIpc) is 3.14. The van der Waals surface area contributed by atoms with Crippen LogP contribution < -0.4 is 10.5 Å². The zero-order chi connectivity index (χ0) is 27.8. The molecule has 4 heterocycles. The second-order valence-electron chi connectivity index (χ2n) is 9.72. The van der Waals surface area contributed by atoms with Crippen LogP contribution in [0.2, 0.25) is 0 Å². The van der Waals surface area contributed by atoms with Crippen molar-refractivity contribution in [3.05, 3.63) is 64.2 Å². The molecule has 1 aliphatic heterocycles. The predicted molar refractivity (Wildman–Crippen MR) is 147 cm³/mol. The van der Waals surface area contributed by atoms with E-state index in [2.05, 4.69) is 14.9 Å². The summed E-state index contributed by atoms with van der Waals surface area (Å²) in [4.78, 5) is 43.0. The first-order chi connectivity index (χ1) is 18.6. The van der Waals surface area contributed by atoms with E-state index in [0.717, 1.165) is 5.56 Å². The number of aryl methyl sites for hydroxylation is 1. The molecule has 39 heavy (non-hydrogen) atoms. The van der Waals surface area contributed by atoms with Gasteiger partial charge in [-0.05, 0) is 37.6 Å². The normalized spacial score (nSPS) is 15.9. The maximum atomic E-state index is 13.2. The predicted octanol–water partition coefficient (Wildman–Crippen LogP) is 3.92. The van der Waals surface area contributed by atoms with Crippen LogP contribution in [0, 0.1) is 6.92 Å². The number of pyridine rings is 1. The van der Waals surface area contributed by atoms with Gasteiger partial charge in [0.05, 0.1) is 17.6 Å². The lowest BCUT2D eigenvalue weighted by atomic mass is 10.1. The van der Waals surface area contributed by atoms with Gasteiger partial charge in [-0.15, -0.1) is 0 Å². The quantitative estimate of drug-likeness (QED) is 0.335. The molecule has 1 amide bonds. The van der Waals surface area contributed by atoms with Crippen molar-refractivity contribution < 1.29 is 13.6 Å². The van der Waals surface area contributed by atoms with E-state index in [0.29, 0.717) is 70.1 Å². The van der Waals surface area contributed by atoms with E-state index in [1.54, 1.807) is 55.3 Å². The SMILES string of the molecule is CC(=O)N1CCN(c2ncc(-c3ccc4c(=O)n(C)n(Cc5cc(C)ccc5SC(F)F)c4n3)cn2)C[C@H]1C. The molecule has 0 bridgehead atoms. The molecule has 1 aromatic carbocycles. The van der Waals surface area contributed by atoms with Gasteiger partial charge < -0.3 is 9.80 Å². The fourth-order valence-electron chi connectivity index (χ4n) is 5.01. The third-order valence-electron chi connectivity index (χ3n) is 7.01. The highest BCUT2D eigenvalue weighted by atomic mass is 32.2. The highest BCUT2D eigenvalue weighted by Gasteiger charge is 2.26. The lowest BCUT2D eigenvalue weighted by Crippen LogP contribution is -2.53. The topological polar surface area (TPSA) is 89.2 Å². The van der Waals surface area contributed by atoms with Gasteiger partial charge in [-0.1, -0.05) is 29.5 Å². The summed E-state index contributed by atoms with van der Waals surface area (Å²) in [5.41, 5.74) is 3.14. The fourth-order valence-corrected chi connectivity index (χ4v) is 5.62. The van der Waals surface area contributed by atoms with E-state index < -0.39 is 5.76 Å². The number of aromatic nitrogens is 5. The van der Waals surface area contributed by atoms with Crippen LogP contribution in [0.3, 0.4) is 0 Å². The van der Waals surface area contributed by atoms with Gasteiger partial charge in [0.25, 0.3) is 11.3 Å². The molecule has 1 aliphatic rings. The Labute approximate surface area is 228 Å². The summed E-state index contributed by atoms with van der Waals surface area (Å²) >= 11 is 0.491. The molecule has 0 aliphatic carbocycles. The van der Waals surface area contributed by atoms with Crippen LogP contribution in [0.4, 0.5) is 14.7 Å². The first kappa shape index (κ1) is 26.8. The van der Waals surface area contributed by atoms with Gasteiger partial charge in [-0.25, -0.2) is 15.0 Å². The Morgan fingerprint density at radius 2 is 1.90 bits per heavy atom. The first-order valence-corrected chi connectivity index (χ1v) is 13.5. The van der Waals surface area contributed by atoms with Crippen LogP contribution in [0.5, 0.6) is 0 Å². The molecule has 204 valence electrons. The number of anilines is 1. The van der Waals surface area contributed by atoms with Crippen molar-refractivity contribution in [2.75, 3.05) is 24.5 Å². The Bertz CT molecular complexity index is 1590. The molecule has 9 nitrogen and oxygen atoms in total. The number of amides is 1. The summed E-state index contributed by atoms with van der Waals surface area (Å²) in [7, 11) is 1.64. The van der Waals surface area contributed by atoms with E-state index in [1.165, 1.54) is 4.68 Å². The molecule has 0 spiro atoms. The first-order valence-electron chi connectivity index (χ1n) is 12.6. The summed E-state index contributed by atoms with van der Waals surface area (Å²) in [6, 6.07) is 8.87. The van der Waals surface area contributed by atoms with Gasteiger partial charge >= 0.3 is 0 Å². The number of rotatable bonds is 6. The molecule has 5 rings (SSSR count). The number of halogens is 2. The summed E-state index contributed by atoms with van der Waals surface area (Å²) in [6.07, 6.45) is 3.39. The maximum Gasteiger partial charge on any atom is 0.288 e. The minimum atomic E-state index is -2.55. The minimum absolute atomic E-state index is 0.0608. The molecule has 0 saturated carbocycles. The zero-order valence-corrected chi connectivity index (χ0v) is 23.0. The van der Waals surface area contributed by atoms with Crippen molar-refractivity contribution in [1.82, 2.24) is 29.2 Å². The highest BCUT2D eigenvalue weighted by molar-refractivity contribution is 7.99. The number of hydrogen-bond donors (Lipinski definition) is 0. The number of alkyl halides is 2. The number of piperazine rings is 1.